The fourth-order valence-corrected chi connectivity index (χ4v) is 3.19. The van der Waals surface area contributed by atoms with Gasteiger partial charge in [0.2, 0.25) is 0 Å². The highest BCUT2D eigenvalue weighted by Gasteiger charge is 2.19. The molecule has 1 N–H and O–H groups in total. The summed E-state index contributed by atoms with van der Waals surface area (Å²) in [4.78, 5) is 23.5. The number of non-ortho nitro benzene ring substituents is 1. The van der Waals surface area contributed by atoms with E-state index in [1.165, 1.54) is 17.7 Å². The third-order valence-electron chi connectivity index (χ3n) is 5.16. The SMILES string of the molecule is COc1ccc(C(=O)CC(Nc2ccc(C)c(C)c2)c2ccc([N+](=O)[O-])cc2)cc1. The van der Waals surface area contributed by atoms with Crippen molar-refractivity contribution in [2.45, 2.75) is 26.3 Å². The first-order chi connectivity index (χ1) is 14.4. The van der Waals surface area contributed by atoms with Crippen LogP contribution in [0, 0.1) is 24.0 Å². The van der Waals surface area contributed by atoms with Crippen LogP contribution in [0.3, 0.4) is 0 Å². The van der Waals surface area contributed by atoms with Gasteiger partial charge in [-0.2, -0.15) is 0 Å². The Morgan fingerprint density at radius 1 is 1.00 bits per heavy atom. The molecule has 0 radical (unpaired) electrons. The van der Waals surface area contributed by atoms with Crippen molar-refractivity contribution in [1.82, 2.24) is 0 Å². The molecule has 0 heterocycles. The molecule has 0 aliphatic heterocycles. The van der Waals surface area contributed by atoms with Crippen LogP contribution in [-0.2, 0) is 0 Å². The molecule has 6 heteroatoms. The van der Waals surface area contributed by atoms with Crippen LogP contribution in [0.25, 0.3) is 0 Å². The van der Waals surface area contributed by atoms with Crippen molar-refractivity contribution in [1.29, 1.82) is 0 Å². The van der Waals surface area contributed by atoms with Crippen LogP contribution in [0.1, 0.15) is 39.5 Å². The van der Waals surface area contributed by atoms with Crippen molar-refractivity contribution in [3.05, 3.63) is 99.1 Å². The number of nitrogens with one attached hydrogen (secondary N) is 1. The molecule has 1 atom stereocenters. The van der Waals surface area contributed by atoms with Gasteiger partial charge in [0.15, 0.2) is 5.78 Å². The van der Waals surface area contributed by atoms with Crippen molar-refractivity contribution in [3.63, 3.8) is 0 Å². The zero-order valence-electron chi connectivity index (χ0n) is 17.2. The zero-order valence-corrected chi connectivity index (χ0v) is 17.2. The summed E-state index contributed by atoms with van der Waals surface area (Å²) in [6.45, 7) is 4.07. The Morgan fingerprint density at radius 2 is 1.67 bits per heavy atom. The Morgan fingerprint density at radius 3 is 2.23 bits per heavy atom. The molecule has 0 aliphatic rings. The van der Waals surface area contributed by atoms with Crippen LogP contribution in [0.2, 0.25) is 0 Å². The van der Waals surface area contributed by atoms with Crippen molar-refractivity contribution in [2.75, 3.05) is 12.4 Å². The zero-order chi connectivity index (χ0) is 21.7. The average Bonchev–Trinajstić information content (AvgIpc) is 2.76. The monoisotopic (exact) mass is 404 g/mol. The fourth-order valence-electron chi connectivity index (χ4n) is 3.19. The van der Waals surface area contributed by atoms with Gasteiger partial charge in [0.1, 0.15) is 5.75 Å². The first-order valence-corrected chi connectivity index (χ1v) is 9.63. The highest BCUT2D eigenvalue weighted by molar-refractivity contribution is 5.96. The van der Waals surface area contributed by atoms with Gasteiger partial charge in [0.25, 0.3) is 5.69 Å². The number of methoxy groups -OCH3 is 1. The first-order valence-electron chi connectivity index (χ1n) is 9.63. The molecule has 0 aromatic heterocycles. The number of carbonyl (C=O) groups is 1. The van der Waals surface area contributed by atoms with Gasteiger partial charge in [0, 0.05) is 29.8 Å². The Balaban J connectivity index is 1.88. The minimum Gasteiger partial charge on any atom is -0.497 e. The fraction of sp³-hybridized carbons (Fsp3) is 0.208. The lowest BCUT2D eigenvalue weighted by molar-refractivity contribution is -0.384. The molecule has 1 unspecified atom stereocenters. The summed E-state index contributed by atoms with van der Waals surface area (Å²) in [6, 6.07) is 19.0. The van der Waals surface area contributed by atoms with E-state index < -0.39 is 4.92 Å². The summed E-state index contributed by atoms with van der Waals surface area (Å²) in [7, 11) is 1.58. The summed E-state index contributed by atoms with van der Waals surface area (Å²) >= 11 is 0. The first kappa shape index (κ1) is 21.0. The van der Waals surface area contributed by atoms with Crippen molar-refractivity contribution >= 4 is 17.2 Å². The minimum absolute atomic E-state index is 0.0187. The van der Waals surface area contributed by atoms with Crippen molar-refractivity contribution in [2.24, 2.45) is 0 Å². The summed E-state index contributed by atoms with van der Waals surface area (Å²) in [6.07, 6.45) is 0.205. The van der Waals surface area contributed by atoms with E-state index in [4.69, 9.17) is 4.74 Å². The highest BCUT2D eigenvalue weighted by atomic mass is 16.6. The molecule has 0 saturated heterocycles. The Bertz CT molecular complexity index is 1040. The van der Waals surface area contributed by atoms with Gasteiger partial charge in [-0.3, -0.25) is 14.9 Å². The number of hydrogen-bond acceptors (Lipinski definition) is 5. The quantitative estimate of drug-likeness (QED) is 0.298. The van der Waals surface area contributed by atoms with Crippen LogP contribution in [0.5, 0.6) is 5.75 Å². The van der Waals surface area contributed by atoms with Crippen molar-refractivity contribution < 1.29 is 14.5 Å². The number of carbonyl (C=O) groups excluding carboxylic acids is 1. The van der Waals surface area contributed by atoms with E-state index in [1.807, 2.05) is 32.0 Å². The molecule has 3 aromatic carbocycles. The molecule has 0 spiro atoms. The van der Waals surface area contributed by atoms with Gasteiger partial charge in [-0.15, -0.1) is 0 Å². The number of aryl methyl sites for hydroxylation is 2. The standard InChI is InChI=1S/C24H24N2O4/c1-16-4-9-20(14-17(16)2)25-23(18-5-10-21(11-6-18)26(28)29)15-24(27)19-7-12-22(30-3)13-8-19/h4-14,23,25H,15H2,1-3H3. The minimum atomic E-state index is -0.432. The van der Waals surface area contributed by atoms with Crippen LogP contribution in [-0.4, -0.2) is 17.8 Å². The number of ether oxygens (including phenoxy) is 1. The molecule has 0 saturated carbocycles. The molecular formula is C24H24N2O4. The topological polar surface area (TPSA) is 81.5 Å². The maximum absolute atomic E-state index is 12.9. The maximum atomic E-state index is 12.9. The lowest BCUT2D eigenvalue weighted by Gasteiger charge is -2.21. The molecule has 0 aliphatic carbocycles. The maximum Gasteiger partial charge on any atom is 0.269 e. The van der Waals surface area contributed by atoms with E-state index in [1.54, 1.807) is 43.5 Å². The molecule has 0 amide bonds. The summed E-state index contributed by atoms with van der Waals surface area (Å²) in [5.74, 6) is 0.657. The Kier molecular flexibility index (Phi) is 6.47. The summed E-state index contributed by atoms with van der Waals surface area (Å²) in [5.41, 5.74) is 4.63. The number of nitro groups is 1. The summed E-state index contributed by atoms with van der Waals surface area (Å²) in [5, 5.41) is 14.4. The van der Waals surface area contributed by atoms with E-state index in [2.05, 4.69) is 5.32 Å². The second kappa shape index (κ2) is 9.22. The van der Waals surface area contributed by atoms with Gasteiger partial charge in [-0.1, -0.05) is 18.2 Å². The predicted molar refractivity (Wildman–Crippen MR) is 117 cm³/mol. The average molecular weight is 404 g/mol. The predicted octanol–water partition coefficient (Wildman–Crippen LogP) is 5.65. The Labute approximate surface area is 175 Å². The number of ketones is 1. The lowest BCUT2D eigenvalue weighted by atomic mass is 9.97. The van der Waals surface area contributed by atoms with Crippen LogP contribution >= 0.6 is 0 Å². The van der Waals surface area contributed by atoms with Gasteiger partial charge in [0.05, 0.1) is 18.1 Å². The van der Waals surface area contributed by atoms with Crippen LogP contribution in [0.4, 0.5) is 11.4 Å². The number of rotatable bonds is 8. The van der Waals surface area contributed by atoms with Crippen molar-refractivity contribution in [3.8, 4) is 5.75 Å². The van der Waals surface area contributed by atoms with Gasteiger partial charge in [-0.05, 0) is 66.9 Å². The second-order valence-electron chi connectivity index (χ2n) is 7.20. The second-order valence-corrected chi connectivity index (χ2v) is 7.20. The van der Waals surface area contributed by atoms with E-state index in [0.717, 1.165) is 16.8 Å². The van der Waals surface area contributed by atoms with Gasteiger partial charge in [-0.25, -0.2) is 0 Å². The number of Topliss-reactive ketones (excluding diaryl/α,β-unsaturated/α-hetero) is 1. The van der Waals surface area contributed by atoms with E-state index in [-0.39, 0.29) is 23.9 Å². The smallest absolute Gasteiger partial charge is 0.269 e. The lowest BCUT2D eigenvalue weighted by Crippen LogP contribution is -2.16. The largest absolute Gasteiger partial charge is 0.497 e. The van der Waals surface area contributed by atoms with E-state index in [9.17, 15) is 14.9 Å². The van der Waals surface area contributed by atoms with Gasteiger partial charge < -0.3 is 10.1 Å². The Hall–Kier alpha value is -3.67. The molecule has 0 bridgehead atoms. The number of anilines is 1. The third-order valence-corrected chi connectivity index (χ3v) is 5.16. The number of hydrogen-bond donors (Lipinski definition) is 1. The van der Waals surface area contributed by atoms with E-state index in [0.29, 0.717) is 11.3 Å². The molecule has 3 aromatic rings. The molecule has 3 rings (SSSR count). The number of nitrogens with zero attached hydrogens (tertiary/aromatic N) is 1. The number of nitro benzene ring substituents is 1. The number of benzene rings is 3. The normalized spacial score (nSPS) is 11.6. The van der Waals surface area contributed by atoms with Crippen LogP contribution < -0.4 is 10.1 Å². The van der Waals surface area contributed by atoms with Gasteiger partial charge >= 0.3 is 0 Å². The molecule has 154 valence electrons. The third kappa shape index (κ3) is 5.03. The van der Waals surface area contributed by atoms with Crippen LogP contribution in [0.15, 0.2) is 66.7 Å². The molecule has 6 nitrogen and oxygen atoms in total. The molecule has 0 fully saturated rings. The summed E-state index contributed by atoms with van der Waals surface area (Å²) < 4.78 is 5.15. The molecular weight excluding hydrogens is 380 g/mol. The highest BCUT2D eigenvalue weighted by Crippen LogP contribution is 2.27. The molecule has 30 heavy (non-hydrogen) atoms. The van der Waals surface area contributed by atoms with E-state index >= 15 is 0 Å².